The molecule has 0 aliphatic rings. The second-order valence-electron chi connectivity index (χ2n) is 4.07. The SMILES string of the molecule is CC(C)c1nc(Cn2ccc(C=O)c2)cs1. The molecule has 4 heteroatoms. The minimum atomic E-state index is 0.481. The van der Waals surface area contributed by atoms with Gasteiger partial charge in [0, 0.05) is 29.3 Å². The van der Waals surface area contributed by atoms with Crippen molar-refractivity contribution in [2.45, 2.75) is 26.3 Å². The number of carbonyl (C=O) groups is 1. The maximum atomic E-state index is 10.5. The molecule has 0 spiro atoms. The fraction of sp³-hybridized carbons (Fsp3) is 0.333. The third kappa shape index (κ3) is 2.39. The summed E-state index contributed by atoms with van der Waals surface area (Å²) in [5.41, 5.74) is 1.76. The first-order valence-corrected chi connectivity index (χ1v) is 6.12. The van der Waals surface area contributed by atoms with Crippen LogP contribution in [0.2, 0.25) is 0 Å². The zero-order valence-corrected chi connectivity index (χ0v) is 10.2. The summed E-state index contributed by atoms with van der Waals surface area (Å²) in [5, 5.41) is 3.24. The first kappa shape index (κ1) is 11.1. The summed E-state index contributed by atoms with van der Waals surface area (Å²) < 4.78 is 1.98. The smallest absolute Gasteiger partial charge is 0.151 e. The van der Waals surface area contributed by atoms with Crippen LogP contribution in [0.3, 0.4) is 0 Å². The quantitative estimate of drug-likeness (QED) is 0.762. The highest BCUT2D eigenvalue weighted by Crippen LogP contribution is 2.19. The van der Waals surface area contributed by atoms with Crippen LogP contribution in [0.1, 0.15) is 40.8 Å². The van der Waals surface area contributed by atoms with E-state index in [1.54, 1.807) is 11.3 Å². The third-order valence-corrected chi connectivity index (χ3v) is 3.51. The molecule has 0 aliphatic carbocycles. The zero-order valence-electron chi connectivity index (χ0n) is 9.38. The molecule has 0 aliphatic heterocycles. The highest BCUT2D eigenvalue weighted by atomic mass is 32.1. The Balaban J connectivity index is 2.11. The van der Waals surface area contributed by atoms with Crippen LogP contribution in [0, 0.1) is 0 Å². The summed E-state index contributed by atoms with van der Waals surface area (Å²) in [5.74, 6) is 0.481. The first-order chi connectivity index (χ1) is 7.69. The van der Waals surface area contributed by atoms with Crippen LogP contribution in [0.5, 0.6) is 0 Å². The molecule has 0 radical (unpaired) electrons. The van der Waals surface area contributed by atoms with E-state index in [9.17, 15) is 4.79 Å². The molecule has 0 saturated carbocycles. The van der Waals surface area contributed by atoms with Crippen LogP contribution in [-0.2, 0) is 6.54 Å². The number of hydrogen-bond donors (Lipinski definition) is 0. The van der Waals surface area contributed by atoms with Gasteiger partial charge in [-0.05, 0) is 6.07 Å². The predicted molar refractivity (Wildman–Crippen MR) is 65.1 cm³/mol. The summed E-state index contributed by atoms with van der Waals surface area (Å²) in [4.78, 5) is 15.1. The standard InChI is InChI=1S/C12H14N2OS/c1-9(2)12-13-11(8-16-12)6-14-4-3-10(5-14)7-15/h3-5,7-9H,6H2,1-2H3. The van der Waals surface area contributed by atoms with Gasteiger partial charge in [0.2, 0.25) is 0 Å². The van der Waals surface area contributed by atoms with Crippen molar-refractivity contribution in [2.24, 2.45) is 0 Å². The molecule has 16 heavy (non-hydrogen) atoms. The van der Waals surface area contributed by atoms with Gasteiger partial charge in [0.25, 0.3) is 0 Å². The Morgan fingerprint density at radius 2 is 2.38 bits per heavy atom. The lowest BCUT2D eigenvalue weighted by Gasteiger charge is -1.99. The van der Waals surface area contributed by atoms with Crippen molar-refractivity contribution in [2.75, 3.05) is 0 Å². The van der Waals surface area contributed by atoms with E-state index in [1.807, 2.05) is 23.0 Å². The molecule has 0 atom stereocenters. The van der Waals surface area contributed by atoms with E-state index >= 15 is 0 Å². The lowest BCUT2D eigenvalue weighted by molar-refractivity contribution is 0.112. The van der Waals surface area contributed by atoms with E-state index in [0.717, 1.165) is 23.5 Å². The summed E-state index contributed by atoms with van der Waals surface area (Å²) in [6.07, 6.45) is 4.59. The number of thiazole rings is 1. The Labute approximate surface area is 98.8 Å². The molecule has 2 aromatic rings. The van der Waals surface area contributed by atoms with E-state index in [-0.39, 0.29) is 0 Å². The van der Waals surface area contributed by atoms with Crippen LogP contribution in [0.25, 0.3) is 0 Å². The molecule has 84 valence electrons. The van der Waals surface area contributed by atoms with Gasteiger partial charge in [-0.3, -0.25) is 4.79 Å². The van der Waals surface area contributed by atoms with Crippen molar-refractivity contribution in [1.29, 1.82) is 0 Å². The van der Waals surface area contributed by atoms with Gasteiger partial charge >= 0.3 is 0 Å². The van der Waals surface area contributed by atoms with Crippen molar-refractivity contribution in [3.05, 3.63) is 40.1 Å². The molecule has 0 saturated heterocycles. The average molecular weight is 234 g/mol. The molecule has 2 aromatic heterocycles. The van der Waals surface area contributed by atoms with Crippen molar-refractivity contribution in [1.82, 2.24) is 9.55 Å². The fourth-order valence-electron chi connectivity index (χ4n) is 1.47. The number of aldehydes is 1. The Bertz CT molecular complexity index is 485. The molecule has 0 bridgehead atoms. The largest absolute Gasteiger partial charge is 0.348 e. The number of aromatic nitrogens is 2. The molecule has 0 fully saturated rings. The van der Waals surface area contributed by atoms with Gasteiger partial charge in [-0.2, -0.15) is 0 Å². The third-order valence-electron chi connectivity index (χ3n) is 2.32. The lowest BCUT2D eigenvalue weighted by atomic mass is 10.2. The van der Waals surface area contributed by atoms with Gasteiger partial charge in [-0.1, -0.05) is 13.8 Å². The van der Waals surface area contributed by atoms with Crippen LogP contribution in [0.15, 0.2) is 23.8 Å². The van der Waals surface area contributed by atoms with Gasteiger partial charge in [0.15, 0.2) is 6.29 Å². The van der Waals surface area contributed by atoms with Crippen molar-refractivity contribution < 1.29 is 4.79 Å². The Kier molecular flexibility index (Phi) is 3.19. The minimum absolute atomic E-state index is 0.481. The van der Waals surface area contributed by atoms with Crippen molar-refractivity contribution in [3.63, 3.8) is 0 Å². The summed E-state index contributed by atoms with van der Waals surface area (Å²) in [6.45, 7) is 5.02. The molecular formula is C12H14N2OS. The topological polar surface area (TPSA) is 34.9 Å². The first-order valence-electron chi connectivity index (χ1n) is 5.24. The van der Waals surface area contributed by atoms with E-state index in [4.69, 9.17) is 0 Å². The van der Waals surface area contributed by atoms with Gasteiger partial charge in [0.05, 0.1) is 17.2 Å². The highest BCUT2D eigenvalue weighted by molar-refractivity contribution is 7.09. The Hall–Kier alpha value is -1.42. The van der Waals surface area contributed by atoms with Crippen LogP contribution >= 0.6 is 11.3 Å². The van der Waals surface area contributed by atoms with Gasteiger partial charge in [0.1, 0.15) is 0 Å². The maximum Gasteiger partial charge on any atom is 0.151 e. The second-order valence-corrected chi connectivity index (χ2v) is 4.96. The number of carbonyl (C=O) groups excluding carboxylic acids is 1. The average Bonchev–Trinajstić information content (AvgIpc) is 2.87. The molecular weight excluding hydrogens is 220 g/mol. The Morgan fingerprint density at radius 1 is 1.56 bits per heavy atom. The highest BCUT2D eigenvalue weighted by Gasteiger charge is 2.06. The van der Waals surface area contributed by atoms with Crippen molar-refractivity contribution in [3.8, 4) is 0 Å². The van der Waals surface area contributed by atoms with Crippen LogP contribution in [-0.4, -0.2) is 15.8 Å². The minimum Gasteiger partial charge on any atom is -0.348 e. The van der Waals surface area contributed by atoms with E-state index in [2.05, 4.69) is 24.2 Å². The normalized spacial score (nSPS) is 10.9. The van der Waals surface area contributed by atoms with E-state index in [1.165, 1.54) is 0 Å². The van der Waals surface area contributed by atoms with Gasteiger partial charge < -0.3 is 4.57 Å². The van der Waals surface area contributed by atoms with E-state index in [0.29, 0.717) is 11.5 Å². The van der Waals surface area contributed by atoms with Gasteiger partial charge in [-0.25, -0.2) is 4.98 Å². The van der Waals surface area contributed by atoms with Crippen molar-refractivity contribution >= 4 is 17.6 Å². The zero-order chi connectivity index (χ0) is 11.5. The van der Waals surface area contributed by atoms with E-state index < -0.39 is 0 Å². The Morgan fingerprint density at radius 3 is 2.94 bits per heavy atom. The molecule has 2 rings (SSSR count). The number of nitrogens with zero attached hydrogens (tertiary/aromatic N) is 2. The van der Waals surface area contributed by atoms with Gasteiger partial charge in [-0.15, -0.1) is 11.3 Å². The molecule has 0 amide bonds. The van der Waals surface area contributed by atoms with Crippen LogP contribution in [0.4, 0.5) is 0 Å². The molecule has 0 aromatic carbocycles. The molecule has 2 heterocycles. The van der Waals surface area contributed by atoms with Crippen LogP contribution < -0.4 is 0 Å². The monoisotopic (exact) mass is 234 g/mol. The molecule has 3 nitrogen and oxygen atoms in total. The number of rotatable bonds is 4. The number of hydrogen-bond acceptors (Lipinski definition) is 3. The maximum absolute atomic E-state index is 10.5. The fourth-order valence-corrected chi connectivity index (χ4v) is 2.30. The predicted octanol–water partition coefficient (Wildman–Crippen LogP) is 2.93. The molecule has 0 unspecified atom stereocenters. The molecule has 0 N–H and O–H groups in total. The summed E-state index contributed by atoms with van der Waals surface area (Å²) in [6, 6.07) is 1.81. The summed E-state index contributed by atoms with van der Waals surface area (Å²) >= 11 is 1.70. The second kappa shape index (κ2) is 4.61. The summed E-state index contributed by atoms with van der Waals surface area (Å²) in [7, 11) is 0. The lowest BCUT2D eigenvalue weighted by Crippen LogP contribution is -1.97.